The fourth-order valence-electron chi connectivity index (χ4n) is 10.3. The lowest BCUT2D eigenvalue weighted by molar-refractivity contribution is 1.31. The van der Waals surface area contributed by atoms with E-state index in [1.165, 1.54) is 16.7 Å². The number of hydrogen-bond donors (Lipinski definition) is 0. The highest BCUT2D eigenvalue weighted by atomic mass is 14.7. The Morgan fingerprint density at radius 3 is 0.462 bits per heavy atom. The molecule has 0 bridgehead atoms. The molecule has 3 heterocycles. The molecule has 0 amide bonds. The average Bonchev–Trinajstić information content (AvgIpc) is 3.55. The van der Waals surface area contributed by atoms with Crippen LogP contribution in [0.3, 0.4) is 0 Å². The molecule has 3 aromatic heterocycles. The Hall–Kier alpha value is -10.4. The van der Waals surface area contributed by atoms with E-state index in [4.69, 9.17) is 15.0 Å². The van der Waals surface area contributed by atoms with Crippen molar-refractivity contribution in [1.29, 1.82) is 0 Å². The Balaban J connectivity index is 1.02. The monoisotopic (exact) mass is 993 g/mol. The van der Waals surface area contributed by atoms with Crippen molar-refractivity contribution < 1.29 is 0 Å². The van der Waals surface area contributed by atoms with Gasteiger partial charge in [0.1, 0.15) is 0 Å². The van der Waals surface area contributed by atoms with Gasteiger partial charge in [0.15, 0.2) is 0 Å². The summed E-state index contributed by atoms with van der Waals surface area (Å²) in [5.74, 6) is 0. The summed E-state index contributed by atoms with van der Waals surface area (Å²) in [5.41, 5.74) is 25.0. The van der Waals surface area contributed by atoms with Crippen LogP contribution in [-0.4, -0.2) is 15.0 Å². The molecule has 0 aliphatic carbocycles. The highest BCUT2D eigenvalue weighted by Gasteiger charge is 2.17. The quantitative estimate of drug-likeness (QED) is 0.122. The summed E-state index contributed by atoms with van der Waals surface area (Å²) >= 11 is 0. The van der Waals surface area contributed by atoms with Crippen LogP contribution in [0.5, 0.6) is 0 Å². The molecule has 13 aromatic rings. The summed E-state index contributed by atoms with van der Waals surface area (Å²) in [7, 11) is 0. The lowest BCUT2D eigenvalue weighted by atomic mass is 9.90. The molecule has 78 heavy (non-hydrogen) atoms. The molecular weight excluding hydrogens is 943 g/mol. The topological polar surface area (TPSA) is 38.7 Å². The third-order valence-corrected chi connectivity index (χ3v) is 14.5. The number of hydrogen-bond acceptors (Lipinski definition) is 3. The van der Waals surface area contributed by atoms with Crippen molar-refractivity contribution in [1.82, 2.24) is 15.0 Å². The summed E-state index contributed by atoms with van der Waals surface area (Å²) in [6.45, 7) is 0. The van der Waals surface area contributed by atoms with Gasteiger partial charge < -0.3 is 0 Å². The fraction of sp³-hybridized carbons (Fsp3) is 0. The molecule has 13 rings (SSSR count). The Morgan fingerprint density at radius 2 is 0.256 bits per heavy atom. The molecule has 0 unspecified atom stereocenters. The molecule has 0 N–H and O–H groups in total. The molecule has 366 valence electrons. The average molecular weight is 994 g/mol. The van der Waals surface area contributed by atoms with E-state index in [0.717, 1.165) is 118 Å². The second kappa shape index (κ2) is 21.5. The maximum Gasteiger partial charge on any atom is 0.0715 e. The van der Waals surface area contributed by atoms with Crippen LogP contribution >= 0.6 is 0 Å². The minimum atomic E-state index is 0.894. The summed E-state index contributed by atoms with van der Waals surface area (Å²) in [6.07, 6.45) is 0. The summed E-state index contributed by atoms with van der Waals surface area (Å²) in [6, 6.07) is 110. The third-order valence-electron chi connectivity index (χ3n) is 14.5. The minimum absolute atomic E-state index is 0.894. The maximum atomic E-state index is 5.38. The van der Waals surface area contributed by atoms with Gasteiger partial charge in [-0.1, -0.05) is 255 Å². The highest BCUT2D eigenvalue weighted by Crippen LogP contribution is 2.40. The number of pyridine rings is 3. The molecule has 0 saturated heterocycles. The Bertz CT molecular complexity index is 3720. The molecule has 10 aromatic carbocycles. The van der Waals surface area contributed by atoms with Gasteiger partial charge in [0.2, 0.25) is 0 Å². The Morgan fingerprint density at radius 1 is 0.115 bits per heavy atom. The van der Waals surface area contributed by atoms with Crippen LogP contribution in [-0.2, 0) is 0 Å². The molecule has 0 radical (unpaired) electrons. The molecule has 0 saturated carbocycles. The molecule has 0 aliphatic rings. The van der Waals surface area contributed by atoms with Crippen molar-refractivity contribution in [2.45, 2.75) is 0 Å². The number of rotatable bonds is 12. The minimum Gasteiger partial charge on any atom is -0.248 e. The van der Waals surface area contributed by atoms with Gasteiger partial charge in [-0.05, 0) is 121 Å². The summed E-state index contributed by atoms with van der Waals surface area (Å²) in [5, 5.41) is 0. The van der Waals surface area contributed by atoms with Crippen molar-refractivity contribution >= 4 is 0 Å². The zero-order valence-corrected chi connectivity index (χ0v) is 42.8. The van der Waals surface area contributed by atoms with Crippen LogP contribution in [0, 0.1) is 0 Å². The normalized spacial score (nSPS) is 11.1. The molecule has 3 nitrogen and oxygen atoms in total. The van der Waals surface area contributed by atoms with Gasteiger partial charge in [-0.2, -0.15) is 0 Å². The first-order chi connectivity index (χ1) is 38.6. The number of benzene rings is 10. The van der Waals surface area contributed by atoms with Crippen LogP contribution < -0.4 is 0 Å². The first-order valence-corrected chi connectivity index (χ1v) is 26.5. The highest BCUT2D eigenvalue weighted by molar-refractivity contribution is 5.88. The van der Waals surface area contributed by atoms with Gasteiger partial charge in [0.05, 0.1) is 34.2 Å². The van der Waals surface area contributed by atoms with E-state index in [9.17, 15) is 0 Å². The van der Waals surface area contributed by atoms with Crippen molar-refractivity contribution in [3.8, 4) is 134 Å². The molecule has 0 atom stereocenters. The SMILES string of the molecule is c1ccc(-c2ccc(-c3cc(-c4cc(-c5cc(-c6ccccc6)nc(-c6ccc(-c7ccccc7)cc6)c5)cc(-c5cc(-c6ccccc6)nc(-c6ccc(-c7ccccc7)cc6)c5)c4)cc(-c4ccccc4)n3)cc2)cc1. The standard InChI is InChI=1S/C75H51N3/c1-7-19-52(20-8-1)55-31-37-61(38-32-55)73-49-67(46-70(76-73)58-25-13-4-14-26-58)64-43-65(68-47-71(59-27-15-5-16-28-59)77-74(50-68)62-39-33-56(34-40-62)53-21-9-2-10-22-53)45-66(44-64)69-48-72(60-29-17-6-18-30-60)78-75(51-69)63-41-35-57(36-42-63)54-23-11-3-12-24-54/h1-51H. The van der Waals surface area contributed by atoms with Crippen molar-refractivity contribution in [3.63, 3.8) is 0 Å². The second-order valence-electron chi connectivity index (χ2n) is 19.6. The Labute approximate surface area is 456 Å². The smallest absolute Gasteiger partial charge is 0.0715 e. The molecular formula is C75H51N3. The van der Waals surface area contributed by atoms with Crippen molar-refractivity contribution in [2.24, 2.45) is 0 Å². The number of nitrogens with zero attached hydrogens (tertiary/aromatic N) is 3. The molecule has 3 heteroatoms. The first-order valence-electron chi connectivity index (χ1n) is 26.5. The predicted octanol–water partition coefficient (Wildman–Crippen LogP) is 19.9. The van der Waals surface area contributed by atoms with E-state index in [2.05, 4.69) is 309 Å². The van der Waals surface area contributed by atoms with Crippen LogP contribution in [0.4, 0.5) is 0 Å². The zero-order chi connectivity index (χ0) is 52.0. The van der Waals surface area contributed by atoms with Gasteiger partial charge in [0, 0.05) is 33.4 Å². The largest absolute Gasteiger partial charge is 0.248 e. The molecule has 0 fully saturated rings. The van der Waals surface area contributed by atoms with E-state index in [1.54, 1.807) is 0 Å². The van der Waals surface area contributed by atoms with Crippen LogP contribution in [0.25, 0.3) is 134 Å². The predicted molar refractivity (Wildman–Crippen MR) is 325 cm³/mol. The molecule has 0 aliphatic heterocycles. The Kier molecular flexibility index (Phi) is 13.0. The lowest BCUT2D eigenvalue weighted by Crippen LogP contribution is -1.95. The lowest BCUT2D eigenvalue weighted by Gasteiger charge is -2.16. The van der Waals surface area contributed by atoms with Crippen molar-refractivity contribution in [3.05, 3.63) is 309 Å². The van der Waals surface area contributed by atoms with Crippen molar-refractivity contribution in [2.75, 3.05) is 0 Å². The van der Waals surface area contributed by atoms with Crippen LogP contribution in [0.1, 0.15) is 0 Å². The van der Waals surface area contributed by atoms with E-state index >= 15 is 0 Å². The van der Waals surface area contributed by atoms with Crippen LogP contribution in [0.15, 0.2) is 309 Å². The van der Waals surface area contributed by atoms with E-state index in [0.29, 0.717) is 0 Å². The van der Waals surface area contributed by atoms with E-state index in [-0.39, 0.29) is 0 Å². The van der Waals surface area contributed by atoms with Gasteiger partial charge in [-0.25, -0.2) is 15.0 Å². The molecule has 0 spiro atoms. The van der Waals surface area contributed by atoms with Crippen LogP contribution in [0.2, 0.25) is 0 Å². The second-order valence-corrected chi connectivity index (χ2v) is 19.6. The maximum absolute atomic E-state index is 5.38. The third kappa shape index (κ3) is 10.2. The van der Waals surface area contributed by atoms with Gasteiger partial charge in [-0.3, -0.25) is 0 Å². The van der Waals surface area contributed by atoms with E-state index < -0.39 is 0 Å². The van der Waals surface area contributed by atoms with Gasteiger partial charge in [0.25, 0.3) is 0 Å². The van der Waals surface area contributed by atoms with E-state index in [1.807, 2.05) is 0 Å². The summed E-state index contributed by atoms with van der Waals surface area (Å²) < 4.78 is 0. The zero-order valence-electron chi connectivity index (χ0n) is 42.8. The first kappa shape index (κ1) is 47.4. The fourth-order valence-corrected chi connectivity index (χ4v) is 10.3. The van der Waals surface area contributed by atoms with Gasteiger partial charge in [-0.15, -0.1) is 0 Å². The number of aromatic nitrogens is 3. The summed E-state index contributed by atoms with van der Waals surface area (Å²) in [4.78, 5) is 16.1. The van der Waals surface area contributed by atoms with Gasteiger partial charge >= 0.3 is 0 Å².